The zero-order chi connectivity index (χ0) is 73.9. The van der Waals surface area contributed by atoms with Crippen LogP contribution in [0.5, 0.6) is 0 Å². The van der Waals surface area contributed by atoms with Gasteiger partial charge in [0, 0.05) is 101 Å². The minimum Gasteiger partial charge on any atom is -0.201 e. The van der Waals surface area contributed by atoms with Crippen molar-refractivity contribution in [1.82, 2.24) is 0 Å². The summed E-state index contributed by atoms with van der Waals surface area (Å²) in [4.78, 5) is 0. The van der Waals surface area contributed by atoms with Gasteiger partial charge >= 0.3 is 0 Å². The van der Waals surface area contributed by atoms with E-state index in [-0.39, 0.29) is 21.7 Å². The first-order valence-electron chi connectivity index (χ1n) is 37.5. The maximum absolute atomic E-state index is 8.00. The molecule has 0 amide bonds. The summed E-state index contributed by atoms with van der Waals surface area (Å²) in [5.74, 6) is 0. The lowest BCUT2D eigenvalue weighted by atomic mass is 9.79. The first-order valence-corrected chi connectivity index (χ1v) is 34.5. The molecule has 4 heteroatoms. The Morgan fingerprint density at radius 1 is 0.289 bits per heavy atom. The number of rotatable bonds is 5. The predicted molar refractivity (Wildman–Crippen MR) is 405 cm³/mol. The molecule has 0 radical (unpaired) electrons. The summed E-state index contributed by atoms with van der Waals surface area (Å²) in [5.41, 5.74) is 38.7. The molecule has 486 valence electrons. The van der Waals surface area contributed by atoms with E-state index in [0.717, 1.165) is 45.5 Å². The summed E-state index contributed by atoms with van der Waals surface area (Å²) in [7, 11) is 8.35. The fraction of sp³-hybridized carbons (Fsp3) is 0.269. The van der Waals surface area contributed by atoms with Crippen LogP contribution in [0.3, 0.4) is 0 Å². The summed E-state index contributed by atoms with van der Waals surface area (Å²) in [5, 5.41) is 0. The maximum Gasteiger partial charge on any atom is 0.212 e. The van der Waals surface area contributed by atoms with Crippen LogP contribution >= 0.6 is 0 Å². The van der Waals surface area contributed by atoms with Crippen LogP contribution in [0, 0.1) is 48.3 Å². The molecule has 0 N–H and O–H groups in total. The van der Waals surface area contributed by atoms with Gasteiger partial charge in [-0.2, -0.15) is 0 Å². The summed E-state index contributed by atoms with van der Waals surface area (Å²) >= 11 is 0. The molecule has 4 aliphatic carbocycles. The van der Waals surface area contributed by atoms with Gasteiger partial charge in [0.15, 0.2) is 24.8 Å². The van der Waals surface area contributed by atoms with Crippen molar-refractivity contribution in [2.24, 2.45) is 28.2 Å². The molecule has 12 aromatic rings. The predicted octanol–water partition coefficient (Wildman–Crippen LogP) is 20.7. The number of hydrogen-bond donors (Lipinski definition) is 0. The highest BCUT2D eigenvalue weighted by atomic mass is 14.9. The molecule has 8 aromatic carbocycles. The first kappa shape index (κ1) is 58.7. The van der Waals surface area contributed by atoms with Crippen LogP contribution in [0.1, 0.15) is 160 Å². The summed E-state index contributed by atoms with van der Waals surface area (Å²) in [6.07, 6.45) is 9.43. The Morgan fingerprint density at radius 2 is 0.680 bits per heavy atom. The second-order valence-electron chi connectivity index (χ2n) is 29.9. The maximum atomic E-state index is 8.00. The summed E-state index contributed by atoms with van der Waals surface area (Å²) in [6, 6.07) is 68.7. The average Bonchev–Trinajstić information content (AvgIpc) is 1.59. The second kappa shape index (κ2) is 24.8. The highest BCUT2D eigenvalue weighted by Gasteiger charge is 2.41. The van der Waals surface area contributed by atoms with Gasteiger partial charge in [0.2, 0.25) is 22.8 Å². The largest absolute Gasteiger partial charge is 0.212 e. The van der Waals surface area contributed by atoms with Crippen molar-refractivity contribution in [1.29, 1.82) is 0 Å². The van der Waals surface area contributed by atoms with Crippen molar-refractivity contribution in [3.8, 4) is 89.5 Å². The van der Waals surface area contributed by atoms with Gasteiger partial charge in [-0.15, -0.1) is 0 Å². The third kappa shape index (κ3) is 11.2. The lowest BCUT2D eigenvalue weighted by Crippen LogP contribution is -2.30. The molecule has 4 aromatic heterocycles. The zero-order valence-electron chi connectivity index (χ0n) is 66.3. The molecular weight excluding hydrogens is 1170 g/mol. The van der Waals surface area contributed by atoms with Gasteiger partial charge in [-0.25, -0.2) is 18.3 Å². The number of pyridine rings is 4. The third-order valence-electron chi connectivity index (χ3n) is 22.1. The Morgan fingerprint density at radius 3 is 1.14 bits per heavy atom. The smallest absolute Gasteiger partial charge is 0.201 e. The number of fused-ring (bicyclic) bond motifs is 12. The molecule has 0 atom stereocenters. The Labute approximate surface area is 587 Å². The highest BCUT2D eigenvalue weighted by Crippen LogP contribution is 2.55. The Kier molecular flexibility index (Phi) is 15.0. The van der Waals surface area contributed by atoms with E-state index < -0.39 is 13.7 Å². The van der Waals surface area contributed by atoms with Crippen molar-refractivity contribution in [2.75, 3.05) is 0 Å². The van der Waals surface area contributed by atoms with Gasteiger partial charge in [0.1, 0.15) is 28.2 Å². The van der Waals surface area contributed by atoms with Crippen molar-refractivity contribution in [3.05, 3.63) is 308 Å². The number of aryl methyl sites for hydroxylation is 12. The molecular formula is C93H98N4+4. The normalized spacial score (nSPS) is 15.5. The van der Waals surface area contributed by atoms with Crippen molar-refractivity contribution in [2.45, 2.75) is 139 Å². The van der Waals surface area contributed by atoms with E-state index in [4.69, 9.17) is 8.22 Å². The van der Waals surface area contributed by atoms with Gasteiger partial charge in [-0.05, 0) is 226 Å². The summed E-state index contributed by atoms with van der Waals surface area (Å²) in [6.45, 7) is 27.2. The lowest BCUT2D eigenvalue weighted by Gasteiger charge is -2.24. The van der Waals surface area contributed by atoms with Crippen LogP contribution < -0.4 is 18.3 Å². The Bertz CT molecular complexity index is 5410. The molecule has 0 aliphatic heterocycles. The fourth-order valence-corrected chi connectivity index (χ4v) is 16.6. The zero-order valence-corrected chi connectivity index (χ0v) is 60.3. The molecule has 0 saturated carbocycles. The topological polar surface area (TPSA) is 15.5 Å². The molecule has 0 spiro atoms. The SMILES string of the molecule is CCc1cccc2c1C(C)(C)c1cc(-c3cccc[n+]3C)c(C)cc1-2.Cc1ccc2c(c1)C(C)(C)c1cc(-c3cccc[n+]3C)c(C)cc1-2.[2H]C([2H])([2H])c1ccc2c(c1)-c1cc(C)c(-c3cccc[n+]3C)cc1C2(C)C.[2H]C([2H])([2H])c1cccc2c1-c1cc(C)c(-c3cccc[n+]3C)cc1C2(C)C. The standard InChI is InChI=1S/C24H26N.3C23H24N/c1-6-17-10-9-11-18-20-14-16(2)19(22-12-7-8-13-25(22)5)15-21(20)24(3,4)23(17)18;1-15-9-8-10-19-22(15)18-13-16(2)17(14-20(18)23(19,3)4)21-11-6-7-12-24(21)5;1-15-9-10-20-18(12-15)19-13-16(2)17(14-21(19)23(20,3)4)22-8-6-7-11-24(22)5;1-15-9-10-17-19-13-16(2)18(22-8-6-7-11-24(22)5)14-21(19)23(3,4)20(17)12-15/h7-15H,6H2,1-5H3;3*6-14H,1-5H3/q4*+1/i;2*1D3;. The fourth-order valence-electron chi connectivity index (χ4n) is 16.6. The van der Waals surface area contributed by atoms with Crippen molar-refractivity contribution >= 4 is 0 Å². The van der Waals surface area contributed by atoms with Gasteiger partial charge < -0.3 is 0 Å². The number of hydrogen-bond acceptors (Lipinski definition) is 0. The molecule has 0 unspecified atom stereocenters. The third-order valence-corrected chi connectivity index (χ3v) is 22.1. The van der Waals surface area contributed by atoms with Crippen LogP contribution in [0.2, 0.25) is 0 Å². The van der Waals surface area contributed by atoms with Crippen LogP contribution in [-0.4, -0.2) is 0 Å². The number of aromatic nitrogens is 4. The average molecular weight is 1280 g/mol. The van der Waals surface area contributed by atoms with E-state index in [1.807, 2.05) is 30.3 Å². The van der Waals surface area contributed by atoms with Gasteiger partial charge in [-0.3, -0.25) is 0 Å². The van der Waals surface area contributed by atoms with Gasteiger partial charge in [0.25, 0.3) is 0 Å². The quantitative estimate of drug-likeness (QED) is 0.153. The van der Waals surface area contributed by atoms with Crippen LogP contribution in [0.25, 0.3) is 89.5 Å². The van der Waals surface area contributed by atoms with E-state index in [1.165, 1.54) is 128 Å². The van der Waals surface area contributed by atoms with E-state index in [0.29, 0.717) is 11.1 Å². The van der Waals surface area contributed by atoms with Gasteiger partial charge in [0.05, 0.1) is 0 Å². The van der Waals surface area contributed by atoms with Crippen molar-refractivity contribution in [3.63, 3.8) is 0 Å². The second-order valence-corrected chi connectivity index (χ2v) is 29.9. The minimum atomic E-state index is -2.12. The Balaban J connectivity index is 0.000000122. The van der Waals surface area contributed by atoms with Crippen molar-refractivity contribution < 1.29 is 26.5 Å². The highest BCUT2D eigenvalue weighted by molar-refractivity contribution is 5.89. The van der Waals surface area contributed by atoms with Crippen LogP contribution in [-0.2, 0) is 56.3 Å². The van der Waals surface area contributed by atoms with Gasteiger partial charge in [-0.1, -0.05) is 171 Å². The molecule has 97 heavy (non-hydrogen) atoms. The Hall–Kier alpha value is -9.64. The monoisotopic (exact) mass is 1280 g/mol. The molecule has 0 bridgehead atoms. The summed E-state index contributed by atoms with van der Waals surface area (Å²) < 4.78 is 56.0. The first-order chi connectivity index (χ1) is 48.6. The molecule has 4 aliphatic rings. The molecule has 0 fully saturated rings. The van der Waals surface area contributed by atoms with Crippen LogP contribution in [0.4, 0.5) is 0 Å². The van der Waals surface area contributed by atoms with E-state index in [2.05, 4.69) is 320 Å². The molecule has 4 heterocycles. The number of benzene rings is 8. The molecule has 0 saturated heterocycles. The van der Waals surface area contributed by atoms with E-state index in [1.54, 1.807) is 12.1 Å². The molecule has 16 rings (SSSR count). The molecule has 4 nitrogen and oxygen atoms in total. The minimum absolute atomic E-state index is 0.0481. The lowest BCUT2D eigenvalue weighted by molar-refractivity contribution is -0.660. The van der Waals surface area contributed by atoms with Crippen LogP contribution in [0.15, 0.2) is 219 Å². The number of nitrogens with zero attached hydrogens (tertiary/aromatic N) is 4. The van der Waals surface area contributed by atoms with E-state index >= 15 is 0 Å². The van der Waals surface area contributed by atoms with E-state index in [9.17, 15) is 0 Å².